The summed E-state index contributed by atoms with van der Waals surface area (Å²) in [6.07, 6.45) is 13.1. The molecule has 166 valence electrons. The number of hydrogen-bond donors (Lipinski definition) is 1. The topological polar surface area (TPSA) is 32.6 Å². The Labute approximate surface area is 206 Å². The summed E-state index contributed by atoms with van der Waals surface area (Å²) in [5.41, 5.74) is 4.27. The molecule has 2 fully saturated rings. The van der Waals surface area contributed by atoms with Crippen LogP contribution in [-0.4, -0.2) is 17.4 Å². The number of rotatable bonds is 4. The third kappa shape index (κ3) is 7.18. The molecule has 0 aromatic heterocycles. The zero-order valence-electron chi connectivity index (χ0n) is 18.4. The van der Waals surface area contributed by atoms with Crippen LogP contribution in [0.25, 0.3) is 11.1 Å². The summed E-state index contributed by atoms with van der Waals surface area (Å²) >= 11 is -0.826. The second kappa shape index (κ2) is 13.2. The van der Waals surface area contributed by atoms with E-state index in [4.69, 9.17) is 22.0 Å². The molecular formula is C26H33Cl2NOZr. The van der Waals surface area contributed by atoms with Crippen molar-refractivity contribution in [3.05, 3.63) is 53.6 Å². The predicted molar refractivity (Wildman–Crippen MR) is 130 cm³/mol. The second-order valence-corrected chi connectivity index (χ2v) is 12.7. The Morgan fingerprint density at radius 2 is 1.55 bits per heavy atom. The monoisotopic (exact) mass is 535 g/mol. The van der Waals surface area contributed by atoms with Gasteiger partial charge in [-0.15, -0.1) is 0 Å². The Hall–Kier alpha value is -0.627. The SMILES string of the molecule is CC1CCC(N=Cc2c(-c3ccccc3)ccc(C3CCCCC3)c2O)CC1.[Cl][Zr][Cl]. The van der Waals surface area contributed by atoms with Crippen molar-refractivity contribution in [1.82, 2.24) is 0 Å². The second-order valence-electron chi connectivity index (χ2n) is 8.93. The molecule has 0 atom stereocenters. The average Bonchev–Trinajstić information content (AvgIpc) is 2.81. The third-order valence-corrected chi connectivity index (χ3v) is 6.78. The molecule has 0 saturated heterocycles. The maximum absolute atomic E-state index is 11.3. The molecule has 1 N–H and O–H groups in total. The van der Waals surface area contributed by atoms with E-state index in [1.165, 1.54) is 57.8 Å². The number of phenols is 1. The maximum atomic E-state index is 11.3. The van der Waals surface area contributed by atoms with Gasteiger partial charge in [0.25, 0.3) is 0 Å². The van der Waals surface area contributed by atoms with Crippen molar-refractivity contribution in [3.63, 3.8) is 0 Å². The van der Waals surface area contributed by atoms with Gasteiger partial charge >= 0.3 is 37.9 Å². The zero-order chi connectivity index (χ0) is 22.1. The molecule has 2 saturated carbocycles. The van der Waals surface area contributed by atoms with Crippen molar-refractivity contribution in [2.24, 2.45) is 10.9 Å². The van der Waals surface area contributed by atoms with Gasteiger partial charge in [-0.2, -0.15) is 0 Å². The fourth-order valence-electron chi connectivity index (χ4n) is 4.94. The summed E-state index contributed by atoms with van der Waals surface area (Å²) < 4.78 is 0. The number of phenolic OH excluding ortho intramolecular Hbond substituents is 1. The van der Waals surface area contributed by atoms with Crippen LogP contribution in [0.5, 0.6) is 5.75 Å². The molecule has 0 amide bonds. The molecular weight excluding hydrogens is 504 g/mol. The first-order chi connectivity index (χ1) is 15.1. The molecule has 31 heavy (non-hydrogen) atoms. The van der Waals surface area contributed by atoms with Crippen LogP contribution in [0, 0.1) is 5.92 Å². The molecule has 0 aliphatic heterocycles. The van der Waals surface area contributed by atoms with Gasteiger partial charge in [-0.3, -0.25) is 4.99 Å². The van der Waals surface area contributed by atoms with Crippen LogP contribution in [0.15, 0.2) is 47.5 Å². The molecule has 0 radical (unpaired) electrons. The van der Waals surface area contributed by atoms with E-state index in [2.05, 4.69) is 43.3 Å². The number of aliphatic imine (C=N–C) groups is 1. The molecule has 2 aliphatic rings. The first kappa shape index (κ1) is 25.0. The van der Waals surface area contributed by atoms with E-state index in [-0.39, 0.29) is 0 Å². The molecule has 0 bridgehead atoms. The average molecular weight is 538 g/mol. The van der Waals surface area contributed by atoms with Crippen LogP contribution in [0.1, 0.15) is 81.8 Å². The standard InChI is InChI=1S/C26H33NO.2ClH.Zr/c1-19-12-14-22(15-13-19)27-18-25-23(20-8-4-2-5-9-20)16-17-24(26(25)28)21-10-6-3-7-11-21;;;/h2,4-5,8-9,16-19,21-22,28H,3,6-7,10-15H2,1H3;2*1H;/q;;;+2/p-2. The Kier molecular flexibility index (Phi) is 10.6. The van der Waals surface area contributed by atoms with E-state index in [1.54, 1.807) is 0 Å². The Bertz CT molecular complexity index is 829. The minimum atomic E-state index is -0.826. The normalized spacial score (nSPS) is 22.0. The number of hydrogen-bond acceptors (Lipinski definition) is 2. The first-order valence-corrected chi connectivity index (χ1v) is 17.9. The van der Waals surface area contributed by atoms with Crippen LogP contribution in [-0.2, 0) is 20.8 Å². The van der Waals surface area contributed by atoms with Gasteiger partial charge < -0.3 is 5.11 Å². The van der Waals surface area contributed by atoms with Crippen molar-refractivity contribution in [2.45, 2.75) is 76.7 Å². The van der Waals surface area contributed by atoms with Gasteiger partial charge in [-0.25, -0.2) is 0 Å². The molecule has 2 aromatic rings. The molecule has 0 spiro atoms. The number of nitrogens with zero attached hydrogens (tertiary/aromatic N) is 1. The molecule has 2 nitrogen and oxygen atoms in total. The number of benzene rings is 2. The van der Waals surface area contributed by atoms with Crippen molar-refractivity contribution in [1.29, 1.82) is 0 Å². The Balaban J connectivity index is 0.000000858. The van der Waals surface area contributed by atoms with Crippen molar-refractivity contribution in [3.8, 4) is 16.9 Å². The van der Waals surface area contributed by atoms with Gasteiger partial charge in [-0.05, 0) is 67.1 Å². The van der Waals surface area contributed by atoms with Crippen LogP contribution in [0.2, 0.25) is 0 Å². The summed E-state index contributed by atoms with van der Waals surface area (Å²) in [6, 6.07) is 15.2. The number of halogens is 2. The van der Waals surface area contributed by atoms with E-state index in [0.29, 0.717) is 17.7 Å². The van der Waals surface area contributed by atoms with Gasteiger partial charge in [0.05, 0.1) is 0 Å². The van der Waals surface area contributed by atoms with E-state index >= 15 is 0 Å². The third-order valence-electron chi connectivity index (χ3n) is 6.78. The molecule has 0 heterocycles. The quantitative estimate of drug-likeness (QED) is 0.390. The fourth-order valence-corrected chi connectivity index (χ4v) is 4.94. The summed E-state index contributed by atoms with van der Waals surface area (Å²) in [7, 11) is 9.87. The van der Waals surface area contributed by atoms with Crippen molar-refractivity contribution < 1.29 is 26.0 Å². The Morgan fingerprint density at radius 1 is 0.903 bits per heavy atom. The van der Waals surface area contributed by atoms with Crippen LogP contribution in [0.3, 0.4) is 0 Å². The molecule has 2 aliphatic carbocycles. The molecule has 5 heteroatoms. The van der Waals surface area contributed by atoms with E-state index < -0.39 is 20.8 Å². The first-order valence-electron chi connectivity index (χ1n) is 11.5. The Morgan fingerprint density at radius 3 is 2.19 bits per heavy atom. The molecule has 0 unspecified atom stereocenters. The molecule has 2 aromatic carbocycles. The van der Waals surface area contributed by atoms with E-state index in [1.807, 2.05) is 12.3 Å². The summed E-state index contributed by atoms with van der Waals surface area (Å²) in [5.74, 6) is 1.77. The van der Waals surface area contributed by atoms with Crippen molar-refractivity contribution >= 4 is 23.2 Å². The number of aromatic hydroxyl groups is 1. The predicted octanol–water partition coefficient (Wildman–Crippen LogP) is 8.48. The molecule has 4 rings (SSSR count). The van der Waals surface area contributed by atoms with Gasteiger partial charge in [0, 0.05) is 17.8 Å². The van der Waals surface area contributed by atoms with Crippen molar-refractivity contribution in [2.75, 3.05) is 0 Å². The van der Waals surface area contributed by atoms with Gasteiger partial charge in [0.1, 0.15) is 5.75 Å². The van der Waals surface area contributed by atoms with Crippen LogP contribution < -0.4 is 0 Å². The van der Waals surface area contributed by atoms with Gasteiger partial charge in [0.15, 0.2) is 0 Å². The van der Waals surface area contributed by atoms with Gasteiger partial charge in [0.2, 0.25) is 0 Å². The van der Waals surface area contributed by atoms with Crippen LogP contribution >= 0.6 is 17.0 Å². The summed E-state index contributed by atoms with van der Waals surface area (Å²) in [4.78, 5) is 4.94. The van der Waals surface area contributed by atoms with E-state index in [0.717, 1.165) is 28.2 Å². The summed E-state index contributed by atoms with van der Waals surface area (Å²) in [5, 5.41) is 11.3. The zero-order valence-corrected chi connectivity index (χ0v) is 22.3. The van der Waals surface area contributed by atoms with Gasteiger partial charge in [-0.1, -0.05) is 68.7 Å². The van der Waals surface area contributed by atoms with Crippen LogP contribution in [0.4, 0.5) is 0 Å². The fraction of sp³-hybridized carbons (Fsp3) is 0.500. The minimum absolute atomic E-state index is 0.401. The van der Waals surface area contributed by atoms with E-state index in [9.17, 15) is 5.11 Å². The summed E-state index contributed by atoms with van der Waals surface area (Å²) in [6.45, 7) is 2.34.